The molecule has 206 valence electrons. The largest absolute Gasteiger partial charge is 0.321 e. The Kier molecular flexibility index (Phi) is 7.30. The Labute approximate surface area is 243 Å². The summed E-state index contributed by atoms with van der Waals surface area (Å²) in [6.45, 7) is 1.71. The van der Waals surface area contributed by atoms with E-state index in [1.807, 2.05) is 110 Å². The van der Waals surface area contributed by atoms with Gasteiger partial charge in [0, 0.05) is 22.4 Å². The smallest absolute Gasteiger partial charge is 0.308 e. The maximum atomic E-state index is 14.1. The van der Waals surface area contributed by atoms with E-state index in [0.717, 1.165) is 21.9 Å². The van der Waals surface area contributed by atoms with E-state index >= 15 is 0 Å². The molecule has 1 atom stereocenters. The first-order valence-corrected chi connectivity index (χ1v) is 13.7. The number of nitrogens with one attached hydrogen (secondary N) is 2. The van der Waals surface area contributed by atoms with Gasteiger partial charge in [-0.2, -0.15) is 0 Å². The predicted octanol–water partition coefficient (Wildman–Crippen LogP) is 6.36. The number of rotatable bonds is 6. The summed E-state index contributed by atoms with van der Waals surface area (Å²) in [6, 6.07) is 36.9. The van der Waals surface area contributed by atoms with Crippen molar-refractivity contribution in [3.63, 3.8) is 0 Å². The first-order chi connectivity index (χ1) is 20.5. The number of Topliss-reactive ketones (excluding diaryl/α,β-unsaturated/α-hetero) is 1. The summed E-state index contributed by atoms with van der Waals surface area (Å²) in [7, 11) is 0. The number of carbonyl (C=O) groups is 3. The second kappa shape index (κ2) is 11.5. The Hall–Kier alpha value is -5.56. The molecule has 1 heterocycles. The van der Waals surface area contributed by atoms with Crippen LogP contribution in [-0.2, 0) is 4.79 Å². The maximum absolute atomic E-state index is 14.1. The second-order valence-corrected chi connectivity index (χ2v) is 10.1. The summed E-state index contributed by atoms with van der Waals surface area (Å²) in [4.78, 5) is 47.1. The topological polar surface area (TPSA) is 90.9 Å². The molecule has 3 amide bonds. The zero-order valence-electron chi connectivity index (χ0n) is 23.0. The first kappa shape index (κ1) is 26.7. The van der Waals surface area contributed by atoms with E-state index in [1.54, 1.807) is 18.2 Å². The standard InChI is InChI=1S/C35H28N4O3/c1-23-10-9-15-28(20-23)36-35(42)38-33-34(41)39(22-31(40)27-19-18-24-11-5-6-14-26(24)21-27)30-17-8-7-16-29(30)32(37-33)25-12-3-2-4-13-25/h2-21,33H,22H2,1H3,(H2,36,38,42). The number of anilines is 2. The van der Waals surface area contributed by atoms with E-state index in [0.29, 0.717) is 28.2 Å². The van der Waals surface area contributed by atoms with Crippen LogP contribution < -0.4 is 15.5 Å². The minimum absolute atomic E-state index is 0.219. The fourth-order valence-corrected chi connectivity index (χ4v) is 5.12. The van der Waals surface area contributed by atoms with Gasteiger partial charge in [-0.05, 0) is 47.5 Å². The Morgan fingerprint density at radius 2 is 1.52 bits per heavy atom. The molecule has 0 aliphatic carbocycles. The van der Waals surface area contributed by atoms with Crippen molar-refractivity contribution in [1.82, 2.24) is 5.32 Å². The zero-order chi connectivity index (χ0) is 29.1. The van der Waals surface area contributed by atoms with E-state index in [2.05, 4.69) is 10.6 Å². The summed E-state index contributed by atoms with van der Waals surface area (Å²) in [5.41, 5.74) is 4.62. The van der Waals surface area contributed by atoms with Gasteiger partial charge in [-0.3, -0.25) is 9.59 Å². The SMILES string of the molecule is Cc1cccc(NC(=O)NC2N=C(c3ccccc3)c3ccccc3N(CC(=O)c3ccc4ccccc4c3)C2=O)c1. The summed E-state index contributed by atoms with van der Waals surface area (Å²) in [6.07, 6.45) is -1.28. The highest BCUT2D eigenvalue weighted by Gasteiger charge is 2.34. The monoisotopic (exact) mass is 552 g/mol. The molecule has 2 N–H and O–H groups in total. The average Bonchev–Trinajstić information content (AvgIpc) is 3.12. The van der Waals surface area contributed by atoms with Gasteiger partial charge < -0.3 is 15.5 Å². The number of urea groups is 1. The van der Waals surface area contributed by atoms with Gasteiger partial charge in [0.25, 0.3) is 5.91 Å². The third-order valence-corrected chi connectivity index (χ3v) is 7.17. The third kappa shape index (κ3) is 5.53. The number of aryl methyl sites for hydroxylation is 1. The van der Waals surface area contributed by atoms with Gasteiger partial charge in [0.05, 0.1) is 17.9 Å². The van der Waals surface area contributed by atoms with Crippen molar-refractivity contribution in [1.29, 1.82) is 0 Å². The van der Waals surface area contributed by atoms with Crippen molar-refractivity contribution in [2.45, 2.75) is 13.1 Å². The van der Waals surface area contributed by atoms with Gasteiger partial charge in [-0.25, -0.2) is 9.79 Å². The highest BCUT2D eigenvalue weighted by molar-refractivity contribution is 6.21. The van der Waals surface area contributed by atoms with E-state index in [4.69, 9.17) is 4.99 Å². The van der Waals surface area contributed by atoms with Gasteiger partial charge >= 0.3 is 6.03 Å². The van der Waals surface area contributed by atoms with Crippen LogP contribution in [0.15, 0.2) is 126 Å². The minimum Gasteiger partial charge on any atom is -0.308 e. The van der Waals surface area contributed by atoms with Crippen molar-refractivity contribution < 1.29 is 14.4 Å². The average molecular weight is 553 g/mol. The van der Waals surface area contributed by atoms with Gasteiger partial charge in [-0.1, -0.05) is 97.1 Å². The van der Waals surface area contributed by atoms with Crippen molar-refractivity contribution in [2.75, 3.05) is 16.8 Å². The molecule has 5 aromatic carbocycles. The summed E-state index contributed by atoms with van der Waals surface area (Å²) >= 11 is 0. The van der Waals surface area contributed by atoms with Crippen molar-refractivity contribution in [3.05, 3.63) is 144 Å². The van der Waals surface area contributed by atoms with E-state index < -0.39 is 18.1 Å². The lowest BCUT2D eigenvalue weighted by molar-refractivity contribution is -0.120. The summed E-state index contributed by atoms with van der Waals surface area (Å²) in [5.74, 6) is -0.739. The Balaban J connectivity index is 1.37. The van der Waals surface area contributed by atoms with Crippen molar-refractivity contribution in [3.8, 4) is 0 Å². The molecular formula is C35H28N4O3. The number of hydrogen-bond acceptors (Lipinski definition) is 4. The van der Waals surface area contributed by atoms with Crippen LogP contribution in [0.1, 0.15) is 27.0 Å². The number of amides is 3. The number of nitrogens with zero attached hydrogens (tertiary/aromatic N) is 2. The molecule has 0 saturated carbocycles. The molecule has 5 aromatic rings. The molecule has 6 rings (SSSR count). The molecule has 7 nitrogen and oxygen atoms in total. The van der Waals surface area contributed by atoms with Gasteiger partial charge in [0.15, 0.2) is 5.78 Å². The number of fused-ring (bicyclic) bond motifs is 2. The molecule has 1 aliphatic rings. The number of para-hydroxylation sites is 1. The van der Waals surface area contributed by atoms with Gasteiger partial charge in [0.2, 0.25) is 6.17 Å². The van der Waals surface area contributed by atoms with Crippen LogP contribution in [0.25, 0.3) is 10.8 Å². The van der Waals surface area contributed by atoms with Gasteiger partial charge in [0.1, 0.15) is 0 Å². The van der Waals surface area contributed by atoms with Crippen LogP contribution in [0.4, 0.5) is 16.2 Å². The molecule has 0 fully saturated rings. The first-order valence-electron chi connectivity index (χ1n) is 13.7. The quantitative estimate of drug-likeness (QED) is 0.240. The normalized spacial score (nSPS) is 14.5. The van der Waals surface area contributed by atoms with E-state index in [9.17, 15) is 14.4 Å². The fraction of sp³-hybridized carbons (Fsp3) is 0.0857. The molecule has 1 aliphatic heterocycles. The van der Waals surface area contributed by atoms with Crippen molar-refractivity contribution in [2.24, 2.45) is 4.99 Å². The predicted molar refractivity (Wildman–Crippen MR) is 166 cm³/mol. The summed E-state index contributed by atoms with van der Waals surface area (Å²) < 4.78 is 0. The second-order valence-electron chi connectivity index (χ2n) is 10.1. The minimum atomic E-state index is -1.28. The molecule has 42 heavy (non-hydrogen) atoms. The van der Waals surface area contributed by atoms with Crippen LogP contribution in [0, 0.1) is 6.92 Å². The molecular weight excluding hydrogens is 524 g/mol. The van der Waals surface area contributed by atoms with E-state index in [1.165, 1.54) is 4.90 Å². The molecule has 0 aromatic heterocycles. The molecule has 1 unspecified atom stereocenters. The van der Waals surface area contributed by atoms with E-state index in [-0.39, 0.29) is 12.3 Å². The lowest BCUT2D eigenvalue weighted by atomic mass is 10.00. The third-order valence-electron chi connectivity index (χ3n) is 7.17. The van der Waals surface area contributed by atoms with Crippen LogP contribution in [0.3, 0.4) is 0 Å². The number of benzene rings is 5. The van der Waals surface area contributed by atoms with Crippen LogP contribution in [-0.4, -0.2) is 36.1 Å². The highest BCUT2D eigenvalue weighted by atomic mass is 16.2. The van der Waals surface area contributed by atoms with Crippen LogP contribution in [0.5, 0.6) is 0 Å². The number of aliphatic imine (C=N–C) groups is 1. The van der Waals surface area contributed by atoms with Crippen LogP contribution >= 0.6 is 0 Å². The molecule has 0 spiro atoms. The number of hydrogen-bond donors (Lipinski definition) is 2. The molecule has 0 saturated heterocycles. The molecule has 0 bridgehead atoms. The summed E-state index contributed by atoms with van der Waals surface area (Å²) in [5, 5.41) is 7.49. The molecule has 7 heteroatoms. The van der Waals surface area contributed by atoms with Crippen LogP contribution in [0.2, 0.25) is 0 Å². The highest BCUT2D eigenvalue weighted by Crippen LogP contribution is 2.29. The number of benzodiazepines with no additional fused rings is 1. The lowest BCUT2D eigenvalue weighted by Crippen LogP contribution is -2.49. The zero-order valence-corrected chi connectivity index (χ0v) is 23.0. The maximum Gasteiger partial charge on any atom is 0.321 e. The number of carbonyl (C=O) groups excluding carboxylic acids is 3. The Bertz CT molecular complexity index is 1850. The Morgan fingerprint density at radius 3 is 2.33 bits per heavy atom. The van der Waals surface area contributed by atoms with Crippen molar-refractivity contribution >= 4 is 45.6 Å². The molecule has 0 radical (unpaired) electrons. The Morgan fingerprint density at radius 1 is 0.786 bits per heavy atom. The van der Waals surface area contributed by atoms with Gasteiger partial charge in [-0.15, -0.1) is 0 Å². The lowest BCUT2D eigenvalue weighted by Gasteiger charge is -2.25. The number of ketones is 1. The fourth-order valence-electron chi connectivity index (χ4n) is 5.12.